The molecule has 1 aromatic carbocycles. The van der Waals surface area contributed by atoms with Crippen molar-refractivity contribution in [3.8, 4) is 6.07 Å². The molecule has 0 amide bonds. The first-order valence-electron chi connectivity index (χ1n) is 9.28. The van der Waals surface area contributed by atoms with Crippen molar-refractivity contribution in [2.45, 2.75) is 20.4 Å². The molecule has 0 bridgehead atoms. The Hall–Kier alpha value is -3.53. The fourth-order valence-corrected chi connectivity index (χ4v) is 3.40. The number of nitrogens with one attached hydrogen (secondary N) is 2. The summed E-state index contributed by atoms with van der Waals surface area (Å²) in [6.45, 7) is 4.40. The number of anilines is 2. The van der Waals surface area contributed by atoms with E-state index in [9.17, 15) is 14.9 Å². The number of rotatable bonds is 8. The average Bonchev–Trinajstić information content (AvgIpc) is 3.05. The van der Waals surface area contributed by atoms with E-state index in [0.717, 1.165) is 22.7 Å². The summed E-state index contributed by atoms with van der Waals surface area (Å²) in [7, 11) is 0. The number of aromatic nitrogens is 1. The maximum absolute atomic E-state index is 12.6. The number of hydrogen-bond donors (Lipinski definition) is 3. The van der Waals surface area contributed by atoms with E-state index in [0.29, 0.717) is 22.3 Å². The number of aliphatic hydroxyl groups is 1. The Balaban J connectivity index is 2.45. The minimum Gasteiger partial charge on any atom is -0.461 e. The average molecular weight is 426 g/mol. The molecule has 0 atom stereocenters. The van der Waals surface area contributed by atoms with Crippen LogP contribution in [0.25, 0.3) is 11.5 Å². The lowest BCUT2D eigenvalue weighted by Gasteiger charge is -2.06. The van der Waals surface area contributed by atoms with Crippen LogP contribution in [-0.2, 0) is 16.1 Å². The second kappa shape index (κ2) is 11.5. The van der Waals surface area contributed by atoms with E-state index < -0.39 is 5.97 Å². The number of nitriles is 1. The Kier molecular flexibility index (Phi) is 8.70. The second-order valence-corrected chi connectivity index (χ2v) is 6.78. The lowest BCUT2D eigenvalue weighted by Crippen LogP contribution is -2.30. The van der Waals surface area contributed by atoms with Crippen molar-refractivity contribution in [2.24, 2.45) is 0 Å². The van der Waals surface area contributed by atoms with Crippen LogP contribution in [0, 0.1) is 11.3 Å². The summed E-state index contributed by atoms with van der Waals surface area (Å²) in [5, 5.41) is 24.2. The maximum atomic E-state index is 12.6. The maximum Gasteiger partial charge on any atom is 0.357 e. The predicted octanol–water partition coefficient (Wildman–Crippen LogP) is 0.732. The van der Waals surface area contributed by atoms with Crippen LogP contribution < -0.4 is 25.4 Å². The van der Waals surface area contributed by atoms with Gasteiger partial charge in [-0.2, -0.15) is 5.26 Å². The Morgan fingerprint density at radius 2 is 2.13 bits per heavy atom. The third kappa shape index (κ3) is 5.98. The van der Waals surface area contributed by atoms with Crippen molar-refractivity contribution < 1.29 is 14.6 Å². The molecule has 1 heterocycles. The molecule has 0 aliphatic heterocycles. The number of benzene rings is 1. The van der Waals surface area contributed by atoms with Gasteiger partial charge in [0.05, 0.1) is 13.2 Å². The molecule has 2 aromatic rings. The zero-order valence-corrected chi connectivity index (χ0v) is 17.5. The van der Waals surface area contributed by atoms with E-state index in [1.807, 2.05) is 24.3 Å². The number of nitrogens with zero attached hydrogens (tertiary/aromatic N) is 2. The summed E-state index contributed by atoms with van der Waals surface area (Å²) >= 11 is 1.08. The molecule has 8 nitrogen and oxygen atoms in total. The quantitative estimate of drug-likeness (QED) is 0.324. The number of esters is 1. The summed E-state index contributed by atoms with van der Waals surface area (Å²) in [6.07, 6.45) is 1.52. The van der Waals surface area contributed by atoms with Gasteiger partial charge in [-0.05, 0) is 32.0 Å². The van der Waals surface area contributed by atoms with Gasteiger partial charge in [-0.25, -0.2) is 4.79 Å². The molecule has 0 radical (unpaired) electrons. The largest absolute Gasteiger partial charge is 0.461 e. The highest BCUT2D eigenvalue weighted by atomic mass is 32.1. The molecule has 0 aliphatic carbocycles. The van der Waals surface area contributed by atoms with Crippen molar-refractivity contribution in [1.82, 2.24) is 4.57 Å². The Labute approximate surface area is 177 Å². The number of hydrogen-bond acceptors (Lipinski definition) is 8. The zero-order chi connectivity index (χ0) is 21.9. The zero-order valence-electron chi connectivity index (χ0n) is 16.7. The fraction of sp³-hybridized carbons (Fsp3) is 0.286. The normalized spacial score (nSPS) is 9.67. The van der Waals surface area contributed by atoms with Crippen LogP contribution in [-0.4, -0.2) is 35.4 Å². The van der Waals surface area contributed by atoms with Gasteiger partial charge in [0.25, 0.3) is 5.56 Å². The van der Waals surface area contributed by atoms with Crippen LogP contribution in [0.1, 0.15) is 13.8 Å². The van der Waals surface area contributed by atoms with E-state index in [-0.39, 0.29) is 24.3 Å². The van der Waals surface area contributed by atoms with Gasteiger partial charge in [-0.15, -0.1) is 0 Å². The number of carbonyl (C=O) groups is 1. The van der Waals surface area contributed by atoms with E-state index in [4.69, 9.17) is 9.84 Å². The van der Waals surface area contributed by atoms with Crippen molar-refractivity contribution in [3.05, 3.63) is 55.6 Å². The molecule has 2 rings (SSSR count). The van der Waals surface area contributed by atoms with E-state index in [2.05, 4.69) is 22.1 Å². The first-order valence-corrected chi connectivity index (χ1v) is 10.1. The monoisotopic (exact) mass is 426 g/mol. The number of aliphatic hydroxyl groups excluding tert-OH is 1. The highest BCUT2D eigenvalue weighted by Crippen LogP contribution is 2.14. The van der Waals surface area contributed by atoms with Crippen LogP contribution in [0.2, 0.25) is 0 Å². The molecule has 0 aliphatic rings. The van der Waals surface area contributed by atoms with Gasteiger partial charge in [-0.3, -0.25) is 9.36 Å². The number of ether oxygens (including phenoxy) is 1. The van der Waals surface area contributed by atoms with Gasteiger partial charge in [0.15, 0.2) is 5.57 Å². The lowest BCUT2D eigenvalue weighted by atomic mass is 10.3. The molecule has 30 heavy (non-hydrogen) atoms. The molecule has 9 heteroatoms. The smallest absolute Gasteiger partial charge is 0.357 e. The lowest BCUT2D eigenvalue weighted by molar-refractivity contribution is -0.137. The Morgan fingerprint density at radius 1 is 1.37 bits per heavy atom. The first kappa shape index (κ1) is 22.8. The summed E-state index contributed by atoms with van der Waals surface area (Å²) in [5.41, 5.74) is 6.63. The van der Waals surface area contributed by atoms with Crippen LogP contribution in [0.3, 0.4) is 0 Å². The summed E-state index contributed by atoms with van der Waals surface area (Å²) < 4.78 is 6.90. The minimum atomic E-state index is -0.777. The third-order valence-electron chi connectivity index (χ3n) is 3.77. The minimum absolute atomic E-state index is 0.0326. The third-order valence-corrected chi connectivity index (χ3v) is 4.78. The Bertz CT molecular complexity index is 1190. The van der Waals surface area contributed by atoms with Gasteiger partial charge < -0.3 is 20.5 Å². The van der Waals surface area contributed by atoms with E-state index >= 15 is 0 Å². The summed E-state index contributed by atoms with van der Waals surface area (Å²) in [6, 6.07) is 9.18. The highest BCUT2D eigenvalue weighted by molar-refractivity contribution is 7.07. The van der Waals surface area contributed by atoms with Crippen LogP contribution >= 0.6 is 11.3 Å². The molecule has 0 fully saturated rings. The second-order valence-electron chi connectivity index (χ2n) is 5.78. The van der Waals surface area contributed by atoms with E-state index in [1.165, 1.54) is 10.8 Å². The van der Waals surface area contributed by atoms with Crippen LogP contribution in [0.5, 0.6) is 0 Å². The molecule has 0 spiro atoms. The van der Waals surface area contributed by atoms with Crippen LogP contribution in [0.4, 0.5) is 11.4 Å². The fourth-order valence-electron chi connectivity index (χ4n) is 2.42. The number of thiazole rings is 1. The van der Waals surface area contributed by atoms with Crippen molar-refractivity contribution in [2.75, 3.05) is 30.4 Å². The molecule has 0 unspecified atom stereocenters. The molecule has 0 saturated carbocycles. The van der Waals surface area contributed by atoms with E-state index in [1.54, 1.807) is 19.9 Å². The highest BCUT2D eigenvalue weighted by Gasteiger charge is 2.10. The summed E-state index contributed by atoms with van der Waals surface area (Å²) in [4.78, 5) is 24.4. The molecule has 3 N–H and O–H groups in total. The van der Waals surface area contributed by atoms with Gasteiger partial charge in [0, 0.05) is 30.7 Å². The Morgan fingerprint density at radius 3 is 2.80 bits per heavy atom. The number of carbonyl (C=O) groups excluding carboxylic acids is 1. The standard InChI is InChI=1S/C21H22N4O4S/c1-3-25-19(12-15(14-22)21(28)29-4-2)30-18(20(25)27)8-9-23-16-6-5-7-17(13-16)24-10-11-26/h5-7,9,13,23-24,26H,3-4,10-11H2,1-2H3. The van der Waals surface area contributed by atoms with Gasteiger partial charge in [-0.1, -0.05) is 28.9 Å². The van der Waals surface area contributed by atoms with Gasteiger partial charge in [0.1, 0.15) is 15.3 Å². The molecular weight excluding hydrogens is 404 g/mol. The van der Waals surface area contributed by atoms with Crippen molar-refractivity contribution >= 4 is 40.1 Å². The predicted molar refractivity (Wildman–Crippen MR) is 116 cm³/mol. The van der Waals surface area contributed by atoms with Gasteiger partial charge >= 0.3 is 5.97 Å². The van der Waals surface area contributed by atoms with Crippen molar-refractivity contribution in [3.63, 3.8) is 0 Å². The van der Waals surface area contributed by atoms with Crippen LogP contribution in [0.15, 0.2) is 40.8 Å². The first-order chi connectivity index (χ1) is 14.5. The molecule has 1 aromatic heterocycles. The van der Waals surface area contributed by atoms with Gasteiger partial charge in [0.2, 0.25) is 0 Å². The SMILES string of the molecule is CCOC(=O)C(=C=c1sc(=C=CNc2cccc(NCCO)c2)c(=O)n1CC)C#N. The topological polar surface area (TPSA) is 116 Å². The van der Waals surface area contributed by atoms with Crippen molar-refractivity contribution in [1.29, 1.82) is 5.26 Å². The molecule has 0 saturated heterocycles. The summed E-state index contributed by atoms with van der Waals surface area (Å²) in [5.74, 6) is -0.777. The molecular formula is C21H22N4O4S. The molecule has 156 valence electrons.